The Kier molecular flexibility index (Phi) is 6.87. The van der Waals surface area contributed by atoms with Crippen LogP contribution in [0, 0.1) is 12.8 Å². The van der Waals surface area contributed by atoms with Gasteiger partial charge in [0.1, 0.15) is 11.3 Å². The number of aryl methyl sites for hydroxylation is 1. The number of pyridine rings is 1. The van der Waals surface area contributed by atoms with Crippen LogP contribution in [0.25, 0.3) is 28.1 Å². The molecule has 4 aromatic rings. The number of aromatic nitrogens is 7. The average molecular weight is 555 g/mol. The summed E-state index contributed by atoms with van der Waals surface area (Å²) in [5.41, 5.74) is 6.79. The third-order valence-electron chi connectivity index (χ3n) is 8.11. The molecule has 2 N–H and O–H groups in total. The lowest BCUT2D eigenvalue weighted by molar-refractivity contribution is 0.0910. The molecule has 214 valence electrons. The predicted octanol–water partition coefficient (Wildman–Crippen LogP) is 6.09. The smallest absolute Gasteiger partial charge is 0.292 e. The highest BCUT2D eigenvalue weighted by atomic mass is 16.5. The van der Waals surface area contributed by atoms with Crippen LogP contribution in [0.15, 0.2) is 40.7 Å². The van der Waals surface area contributed by atoms with E-state index in [4.69, 9.17) is 9.51 Å². The fourth-order valence-electron chi connectivity index (χ4n) is 5.81. The summed E-state index contributed by atoms with van der Waals surface area (Å²) >= 11 is 0. The Hall–Kier alpha value is -4.08. The number of H-pyrrole nitrogens is 1. The summed E-state index contributed by atoms with van der Waals surface area (Å²) in [6.07, 6.45) is 13.4. The number of nitrogens with zero attached hydrogens (tertiary/aromatic N) is 6. The molecule has 0 aromatic carbocycles. The summed E-state index contributed by atoms with van der Waals surface area (Å²) in [7, 11) is 0. The lowest BCUT2D eigenvalue weighted by atomic mass is 9.81. The zero-order valence-electron chi connectivity index (χ0n) is 24.7. The van der Waals surface area contributed by atoms with Gasteiger partial charge >= 0.3 is 0 Å². The van der Waals surface area contributed by atoms with E-state index in [2.05, 4.69) is 56.5 Å². The van der Waals surface area contributed by atoms with Gasteiger partial charge in [-0.05, 0) is 58.1 Å². The molecule has 1 amide bonds. The van der Waals surface area contributed by atoms with Crippen molar-refractivity contribution < 1.29 is 9.32 Å². The number of hydrogen-bond donors (Lipinski definition) is 2. The average Bonchev–Trinajstić information content (AvgIpc) is 3.65. The Morgan fingerprint density at radius 1 is 1.20 bits per heavy atom. The molecule has 0 spiro atoms. The maximum atomic E-state index is 13.1. The topological polar surface area (TPSA) is 127 Å². The molecule has 1 fully saturated rings. The third kappa shape index (κ3) is 5.23. The Morgan fingerprint density at radius 3 is 2.76 bits per heavy atom. The number of nitrogens with one attached hydrogen (secondary N) is 2. The van der Waals surface area contributed by atoms with Crippen molar-refractivity contribution in [1.29, 1.82) is 0 Å². The van der Waals surface area contributed by atoms with E-state index in [0.29, 0.717) is 5.89 Å². The monoisotopic (exact) mass is 554 g/mol. The van der Waals surface area contributed by atoms with Crippen LogP contribution in [0.3, 0.4) is 0 Å². The maximum absolute atomic E-state index is 13.1. The molecular formula is C31H38N8O2. The molecule has 2 aliphatic carbocycles. The Labute approximate surface area is 239 Å². The van der Waals surface area contributed by atoms with Crippen molar-refractivity contribution in [3.05, 3.63) is 59.2 Å². The number of amides is 1. The fourth-order valence-corrected chi connectivity index (χ4v) is 5.81. The van der Waals surface area contributed by atoms with E-state index >= 15 is 0 Å². The molecule has 4 heterocycles. The number of carbonyl (C=O) groups excluding carboxylic acids is 1. The molecule has 1 unspecified atom stereocenters. The number of fused-ring (bicyclic) bond motifs is 2. The van der Waals surface area contributed by atoms with Crippen LogP contribution in [0.2, 0.25) is 0 Å². The second-order valence-corrected chi connectivity index (χ2v) is 12.6. The third-order valence-corrected chi connectivity index (χ3v) is 8.11. The van der Waals surface area contributed by atoms with Crippen molar-refractivity contribution in [3.8, 4) is 11.4 Å². The van der Waals surface area contributed by atoms with Crippen molar-refractivity contribution in [2.75, 3.05) is 0 Å². The van der Waals surface area contributed by atoms with Crippen molar-refractivity contribution in [1.82, 2.24) is 40.2 Å². The van der Waals surface area contributed by atoms with Gasteiger partial charge < -0.3 is 14.8 Å². The van der Waals surface area contributed by atoms with E-state index in [0.717, 1.165) is 71.5 Å². The van der Waals surface area contributed by atoms with Crippen LogP contribution in [0.1, 0.15) is 101 Å². The molecule has 10 heteroatoms. The number of hydrogen-bond acceptors (Lipinski definition) is 7. The number of rotatable bonds is 5. The van der Waals surface area contributed by atoms with Gasteiger partial charge in [-0.15, -0.1) is 0 Å². The van der Waals surface area contributed by atoms with Crippen LogP contribution < -0.4 is 5.32 Å². The van der Waals surface area contributed by atoms with Gasteiger partial charge in [-0.25, -0.2) is 9.97 Å². The lowest BCUT2D eigenvalue weighted by Gasteiger charge is -2.30. The summed E-state index contributed by atoms with van der Waals surface area (Å²) in [6.45, 7) is 12.2. The molecule has 10 nitrogen and oxygen atoms in total. The van der Waals surface area contributed by atoms with Gasteiger partial charge in [0.25, 0.3) is 11.7 Å². The highest BCUT2D eigenvalue weighted by Gasteiger charge is 2.32. The second kappa shape index (κ2) is 10.4. The predicted molar refractivity (Wildman–Crippen MR) is 157 cm³/mol. The molecule has 2 atom stereocenters. The first kappa shape index (κ1) is 27.1. The van der Waals surface area contributed by atoms with Crippen LogP contribution in [0.5, 0.6) is 0 Å². The normalized spacial score (nSPS) is 19.6. The number of aromatic amines is 1. The molecule has 6 rings (SSSR count). The Balaban J connectivity index is 1.26. The molecule has 0 saturated heterocycles. The van der Waals surface area contributed by atoms with E-state index in [-0.39, 0.29) is 35.1 Å². The molecule has 0 aliphatic heterocycles. The molecule has 0 bridgehead atoms. The number of imidazole rings is 1. The molecule has 4 aromatic heterocycles. The van der Waals surface area contributed by atoms with E-state index in [9.17, 15) is 4.79 Å². The zero-order valence-corrected chi connectivity index (χ0v) is 24.7. The van der Waals surface area contributed by atoms with Crippen LogP contribution in [-0.2, 0) is 5.41 Å². The van der Waals surface area contributed by atoms with Gasteiger partial charge in [0.2, 0.25) is 5.89 Å². The van der Waals surface area contributed by atoms with Crippen LogP contribution >= 0.6 is 0 Å². The van der Waals surface area contributed by atoms with E-state index in [1.165, 1.54) is 5.57 Å². The first-order chi connectivity index (χ1) is 19.6. The van der Waals surface area contributed by atoms with Crippen LogP contribution in [-0.4, -0.2) is 46.8 Å². The summed E-state index contributed by atoms with van der Waals surface area (Å²) in [5.74, 6) is 1.29. The standard InChI is InChI=1S/C31H38N8O2/c1-17(2)39-16-23(18(3)37-39)26-34-25-22(13-14-32-27(25)35-26)20-11-12-21-19(15-20)9-7-8-10-24(21)33-29(40)28-36-30(41-38-28)31(4,5)6/h11,13-17,21,24H,7-10,12H2,1-6H3,(H,33,40)(H,32,34,35)/t21?,24-/m0/s1. The van der Waals surface area contributed by atoms with Crippen molar-refractivity contribution in [2.45, 2.75) is 91.1 Å². The van der Waals surface area contributed by atoms with Gasteiger partial charge in [-0.2, -0.15) is 10.1 Å². The molecule has 41 heavy (non-hydrogen) atoms. The van der Waals surface area contributed by atoms with Gasteiger partial charge in [-0.3, -0.25) is 9.48 Å². The Bertz CT molecular complexity index is 1660. The second-order valence-electron chi connectivity index (χ2n) is 12.6. The van der Waals surface area contributed by atoms with Crippen molar-refractivity contribution in [2.24, 2.45) is 5.92 Å². The van der Waals surface area contributed by atoms with Crippen molar-refractivity contribution >= 4 is 22.6 Å². The Morgan fingerprint density at radius 2 is 2.02 bits per heavy atom. The summed E-state index contributed by atoms with van der Waals surface area (Å²) in [4.78, 5) is 30.5. The minimum absolute atomic E-state index is 0.0144. The van der Waals surface area contributed by atoms with Crippen molar-refractivity contribution in [3.63, 3.8) is 0 Å². The molecular weight excluding hydrogens is 516 g/mol. The van der Waals surface area contributed by atoms with Crippen LogP contribution in [0.4, 0.5) is 0 Å². The SMILES string of the molecule is Cc1nn(C(C)C)cc1-c1nc2c(C3=CCC4C(=C3)CCCC[C@@H]4NC(=O)c3noc(C(C)(C)C)n3)ccnc2[nH]1. The zero-order chi connectivity index (χ0) is 28.9. The highest BCUT2D eigenvalue weighted by molar-refractivity contribution is 5.93. The fraction of sp³-hybridized carbons (Fsp3) is 0.484. The lowest BCUT2D eigenvalue weighted by Crippen LogP contribution is -2.41. The largest absolute Gasteiger partial charge is 0.346 e. The van der Waals surface area contributed by atoms with E-state index in [1.807, 2.05) is 50.8 Å². The van der Waals surface area contributed by atoms with E-state index in [1.54, 1.807) is 0 Å². The first-order valence-corrected chi connectivity index (χ1v) is 14.6. The summed E-state index contributed by atoms with van der Waals surface area (Å²) in [6, 6.07) is 2.33. The number of allylic oxidation sites excluding steroid dienone is 3. The molecule has 2 aliphatic rings. The van der Waals surface area contributed by atoms with E-state index < -0.39 is 0 Å². The van der Waals surface area contributed by atoms with Gasteiger partial charge in [0.05, 0.1) is 11.3 Å². The van der Waals surface area contributed by atoms with Gasteiger partial charge in [0, 0.05) is 41.4 Å². The summed E-state index contributed by atoms with van der Waals surface area (Å²) < 4.78 is 7.32. The molecule has 0 radical (unpaired) electrons. The quantitative estimate of drug-likeness (QED) is 0.305. The first-order valence-electron chi connectivity index (χ1n) is 14.6. The van der Waals surface area contributed by atoms with Gasteiger partial charge in [0.15, 0.2) is 5.65 Å². The minimum atomic E-state index is -0.309. The maximum Gasteiger partial charge on any atom is 0.292 e. The number of carbonyl (C=O) groups is 1. The minimum Gasteiger partial charge on any atom is -0.346 e. The molecule has 1 saturated carbocycles. The highest BCUT2D eigenvalue weighted by Crippen LogP contribution is 2.39. The van der Waals surface area contributed by atoms with Gasteiger partial charge in [-0.1, -0.05) is 50.1 Å². The summed E-state index contributed by atoms with van der Waals surface area (Å²) in [5, 5.41) is 11.8.